The molecule has 8 heteroatoms. The van der Waals surface area contributed by atoms with Gasteiger partial charge in [-0.3, -0.25) is 14.6 Å². The van der Waals surface area contributed by atoms with Gasteiger partial charge in [0.2, 0.25) is 17.6 Å². The summed E-state index contributed by atoms with van der Waals surface area (Å²) in [5.74, 6) is 1.22. The number of imidazole rings is 1. The number of carbonyl (C=O) groups excluding carboxylic acids is 2. The number of benzene rings is 2. The number of piperidine rings is 1. The zero-order valence-corrected chi connectivity index (χ0v) is 18.2. The van der Waals surface area contributed by atoms with Crippen molar-refractivity contribution >= 4 is 22.7 Å². The van der Waals surface area contributed by atoms with Crippen LogP contribution in [-0.4, -0.2) is 49.6 Å². The number of para-hydroxylation sites is 2. The molecule has 3 heterocycles. The van der Waals surface area contributed by atoms with Crippen molar-refractivity contribution in [2.24, 2.45) is 0 Å². The Labute approximate surface area is 190 Å². The maximum atomic E-state index is 12.8. The van der Waals surface area contributed by atoms with E-state index in [0.29, 0.717) is 29.6 Å². The summed E-state index contributed by atoms with van der Waals surface area (Å²) in [4.78, 5) is 42.8. The van der Waals surface area contributed by atoms with E-state index >= 15 is 0 Å². The lowest BCUT2D eigenvalue weighted by atomic mass is 9.94. The predicted molar refractivity (Wildman–Crippen MR) is 122 cm³/mol. The highest BCUT2D eigenvalue weighted by Gasteiger charge is 2.27. The molecule has 166 valence electrons. The number of nitrogens with zero attached hydrogens (tertiary/aromatic N) is 4. The topological polar surface area (TPSA) is 101 Å². The molecular formula is C25H23N5O3. The van der Waals surface area contributed by atoms with E-state index in [9.17, 15) is 9.59 Å². The molecule has 2 aromatic heterocycles. The molecule has 1 atom stereocenters. The van der Waals surface area contributed by atoms with E-state index in [1.807, 2.05) is 29.2 Å². The second-order valence-electron chi connectivity index (χ2n) is 8.11. The number of fused-ring (bicyclic) bond motifs is 1. The number of nitrogens with one attached hydrogen (secondary N) is 1. The summed E-state index contributed by atoms with van der Waals surface area (Å²) >= 11 is 0. The fourth-order valence-corrected chi connectivity index (χ4v) is 4.16. The van der Waals surface area contributed by atoms with Crippen LogP contribution >= 0.6 is 0 Å². The number of ketones is 1. The minimum absolute atomic E-state index is 0.0655. The number of hydrogen-bond acceptors (Lipinski definition) is 6. The van der Waals surface area contributed by atoms with E-state index < -0.39 is 0 Å². The molecule has 0 aliphatic carbocycles. The Hall–Kier alpha value is -4.07. The number of ether oxygens (including phenoxy) is 1. The first kappa shape index (κ1) is 20.8. The molecular weight excluding hydrogens is 418 g/mol. The maximum absolute atomic E-state index is 12.8. The largest absolute Gasteiger partial charge is 0.437 e. The summed E-state index contributed by atoms with van der Waals surface area (Å²) in [7, 11) is 0. The first-order valence-electron chi connectivity index (χ1n) is 10.9. The molecule has 5 rings (SSSR count). The van der Waals surface area contributed by atoms with Gasteiger partial charge in [-0.2, -0.15) is 0 Å². The molecule has 1 amide bonds. The Morgan fingerprint density at radius 3 is 2.64 bits per heavy atom. The lowest BCUT2D eigenvalue weighted by Gasteiger charge is -2.32. The number of carbonyl (C=O) groups is 2. The van der Waals surface area contributed by atoms with E-state index in [1.54, 1.807) is 43.6 Å². The quantitative estimate of drug-likeness (QED) is 0.468. The number of aromatic amines is 1. The van der Waals surface area contributed by atoms with Crippen LogP contribution in [0.5, 0.6) is 11.6 Å². The van der Waals surface area contributed by atoms with Crippen molar-refractivity contribution in [2.45, 2.75) is 25.7 Å². The number of aromatic nitrogens is 4. The zero-order chi connectivity index (χ0) is 22.8. The first-order valence-corrected chi connectivity index (χ1v) is 10.9. The Kier molecular flexibility index (Phi) is 5.56. The van der Waals surface area contributed by atoms with Gasteiger partial charge in [-0.05, 0) is 49.2 Å². The number of likely N-dealkylation sites (tertiary alicyclic amines) is 1. The molecule has 0 spiro atoms. The summed E-state index contributed by atoms with van der Waals surface area (Å²) in [6.45, 7) is 2.96. The van der Waals surface area contributed by atoms with Gasteiger partial charge in [0, 0.05) is 43.9 Å². The lowest BCUT2D eigenvalue weighted by molar-refractivity contribution is -0.130. The van der Waals surface area contributed by atoms with Crippen LogP contribution in [0.1, 0.15) is 47.6 Å². The van der Waals surface area contributed by atoms with E-state index in [2.05, 4.69) is 19.9 Å². The number of rotatable bonds is 5. The van der Waals surface area contributed by atoms with E-state index in [-0.39, 0.29) is 17.6 Å². The molecule has 0 radical (unpaired) electrons. The van der Waals surface area contributed by atoms with Gasteiger partial charge < -0.3 is 14.6 Å². The smallest absolute Gasteiger partial charge is 0.241 e. The zero-order valence-electron chi connectivity index (χ0n) is 18.2. The van der Waals surface area contributed by atoms with Gasteiger partial charge in [-0.15, -0.1) is 0 Å². The molecule has 0 unspecified atom stereocenters. The molecule has 8 nitrogen and oxygen atoms in total. The Morgan fingerprint density at radius 1 is 1.06 bits per heavy atom. The molecule has 0 saturated carbocycles. The lowest BCUT2D eigenvalue weighted by Crippen LogP contribution is -2.38. The average Bonchev–Trinajstić information content (AvgIpc) is 3.29. The summed E-state index contributed by atoms with van der Waals surface area (Å²) in [5.41, 5.74) is 2.82. The Bertz CT molecular complexity index is 1280. The number of amides is 1. The standard InChI is InChI=1S/C25H23N5O3/c1-16(31)30-14-4-5-18(15-30)22-25(27-13-12-26-22)33-19-10-8-17(9-11-19)23(32)24-28-20-6-2-3-7-21(20)29-24/h2-3,6-13,18H,4-5,14-15H2,1H3,(H,28,29)/t18-/m1/s1. The summed E-state index contributed by atoms with van der Waals surface area (Å²) in [5, 5.41) is 0. The normalized spacial score (nSPS) is 16.0. The minimum Gasteiger partial charge on any atom is -0.437 e. The number of hydrogen-bond donors (Lipinski definition) is 1. The third kappa shape index (κ3) is 4.32. The Balaban J connectivity index is 1.33. The van der Waals surface area contributed by atoms with Gasteiger partial charge in [0.15, 0.2) is 5.82 Å². The van der Waals surface area contributed by atoms with Gasteiger partial charge >= 0.3 is 0 Å². The summed E-state index contributed by atoms with van der Waals surface area (Å²) < 4.78 is 6.04. The molecule has 1 N–H and O–H groups in total. The third-order valence-corrected chi connectivity index (χ3v) is 5.88. The molecule has 2 aromatic carbocycles. The van der Waals surface area contributed by atoms with Crippen molar-refractivity contribution < 1.29 is 14.3 Å². The maximum Gasteiger partial charge on any atom is 0.241 e. The van der Waals surface area contributed by atoms with Crippen molar-refractivity contribution in [3.8, 4) is 11.6 Å². The molecule has 1 aliphatic heterocycles. The third-order valence-electron chi connectivity index (χ3n) is 5.88. The SMILES string of the molecule is CC(=O)N1CCC[C@@H](c2nccnc2Oc2ccc(C(=O)c3nc4ccccc4[nH]3)cc2)C1. The fourth-order valence-electron chi connectivity index (χ4n) is 4.16. The van der Waals surface area contributed by atoms with Crippen molar-refractivity contribution in [1.82, 2.24) is 24.8 Å². The molecule has 33 heavy (non-hydrogen) atoms. The average molecular weight is 441 g/mol. The molecule has 4 aromatic rings. The summed E-state index contributed by atoms with van der Waals surface area (Å²) in [6.07, 6.45) is 5.07. The van der Waals surface area contributed by atoms with E-state index in [1.165, 1.54) is 0 Å². The summed E-state index contributed by atoms with van der Waals surface area (Å²) in [6, 6.07) is 14.4. The van der Waals surface area contributed by atoms with E-state index in [0.717, 1.165) is 36.1 Å². The van der Waals surface area contributed by atoms with Crippen LogP contribution in [0.3, 0.4) is 0 Å². The van der Waals surface area contributed by atoms with Crippen LogP contribution < -0.4 is 4.74 Å². The molecule has 1 saturated heterocycles. The van der Waals surface area contributed by atoms with Gasteiger partial charge in [-0.25, -0.2) is 9.97 Å². The highest BCUT2D eigenvalue weighted by molar-refractivity contribution is 6.08. The first-order chi connectivity index (χ1) is 16.1. The molecule has 1 fully saturated rings. The van der Waals surface area contributed by atoms with Gasteiger partial charge in [0.1, 0.15) is 11.4 Å². The van der Waals surface area contributed by atoms with Crippen LogP contribution in [0.2, 0.25) is 0 Å². The van der Waals surface area contributed by atoms with Crippen molar-refractivity contribution in [2.75, 3.05) is 13.1 Å². The van der Waals surface area contributed by atoms with Crippen LogP contribution in [-0.2, 0) is 4.79 Å². The fraction of sp³-hybridized carbons (Fsp3) is 0.240. The van der Waals surface area contributed by atoms with Gasteiger partial charge in [-0.1, -0.05) is 12.1 Å². The second kappa shape index (κ2) is 8.82. The Morgan fingerprint density at radius 2 is 1.85 bits per heavy atom. The van der Waals surface area contributed by atoms with Crippen LogP contribution in [0.25, 0.3) is 11.0 Å². The monoisotopic (exact) mass is 441 g/mol. The number of H-pyrrole nitrogens is 1. The van der Waals surface area contributed by atoms with Crippen molar-refractivity contribution in [1.29, 1.82) is 0 Å². The van der Waals surface area contributed by atoms with Crippen LogP contribution in [0.15, 0.2) is 60.9 Å². The van der Waals surface area contributed by atoms with E-state index in [4.69, 9.17) is 4.74 Å². The minimum atomic E-state index is -0.190. The highest BCUT2D eigenvalue weighted by atomic mass is 16.5. The predicted octanol–water partition coefficient (Wildman–Crippen LogP) is 4.10. The van der Waals surface area contributed by atoms with Crippen LogP contribution in [0.4, 0.5) is 0 Å². The van der Waals surface area contributed by atoms with Crippen molar-refractivity contribution in [3.63, 3.8) is 0 Å². The highest BCUT2D eigenvalue weighted by Crippen LogP contribution is 2.32. The van der Waals surface area contributed by atoms with Gasteiger partial charge in [0.05, 0.1) is 11.0 Å². The van der Waals surface area contributed by atoms with Crippen LogP contribution in [0, 0.1) is 0 Å². The molecule has 0 bridgehead atoms. The molecule has 1 aliphatic rings. The second-order valence-corrected chi connectivity index (χ2v) is 8.11. The van der Waals surface area contributed by atoms with Gasteiger partial charge in [0.25, 0.3) is 0 Å². The van der Waals surface area contributed by atoms with Crippen molar-refractivity contribution in [3.05, 3.63) is 78.0 Å².